The highest BCUT2D eigenvalue weighted by Gasteiger charge is 2.09. The molecule has 2 aromatic carbocycles. The molecule has 0 radical (unpaired) electrons. The fourth-order valence-electron chi connectivity index (χ4n) is 1.82. The number of benzene rings is 2. The molecule has 0 aromatic heterocycles. The van der Waals surface area contributed by atoms with Crippen LogP contribution >= 0.6 is 0 Å². The number of ether oxygens (including phenoxy) is 1. The number of anilines is 1. The Morgan fingerprint density at radius 2 is 1.86 bits per heavy atom. The Morgan fingerprint density at radius 1 is 1.18 bits per heavy atom. The maximum absolute atomic E-state index is 12.0. The van der Waals surface area contributed by atoms with E-state index in [0.717, 1.165) is 5.56 Å². The summed E-state index contributed by atoms with van der Waals surface area (Å²) in [5.74, 6) is -1.47. The zero-order chi connectivity index (χ0) is 16.1. The lowest BCUT2D eigenvalue weighted by molar-refractivity contribution is -0.0498. The van der Waals surface area contributed by atoms with E-state index in [1.165, 1.54) is 30.3 Å². The van der Waals surface area contributed by atoms with E-state index in [4.69, 9.17) is 5.11 Å². The average Bonchev–Trinajstić information content (AvgIpc) is 2.45. The third-order valence-electron chi connectivity index (χ3n) is 2.87. The molecule has 0 aliphatic carbocycles. The molecule has 0 amide bonds. The summed E-state index contributed by atoms with van der Waals surface area (Å²) in [4.78, 5) is 10.8. The number of carbonyl (C=O) groups is 1. The van der Waals surface area contributed by atoms with Crippen molar-refractivity contribution in [3.63, 3.8) is 0 Å². The maximum atomic E-state index is 12.0. The van der Waals surface area contributed by atoms with Gasteiger partial charge in [-0.3, -0.25) is 0 Å². The molecule has 22 heavy (non-hydrogen) atoms. The molecule has 5 nitrogen and oxygen atoms in total. The number of alkyl halides is 2. The van der Waals surface area contributed by atoms with Gasteiger partial charge in [0, 0.05) is 18.3 Å². The van der Waals surface area contributed by atoms with Crippen molar-refractivity contribution in [3.8, 4) is 11.5 Å². The highest BCUT2D eigenvalue weighted by molar-refractivity contribution is 5.91. The molecule has 0 saturated heterocycles. The van der Waals surface area contributed by atoms with Crippen molar-refractivity contribution >= 4 is 11.7 Å². The van der Waals surface area contributed by atoms with Crippen molar-refractivity contribution in [1.29, 1.82) is 0 Å². The number of aromatic hydroxyl groups is 1. The van der Waals surface area contributed by atoms with Crippen LogP contribution in [-0.4, -0.2) is 22.8 Å². The van der Waals surface area contributed by atoms with E-state index in [-0.39, 0.29) is 17.1 Å². The number of nitrogens with one attached hydrogen (secondary N) is 1. The van der Waals surface area contributed by atoms with Gasteiger partial charge in [-0.1, -0.05) is 12.1 Å². The van der Waals surface area contributed by atoms with Gasteiger partial charge in [0.15, 0.2) is 0 Å². The summed E-state index contributed by atoms with van der Waals surface area (Å²) < 4.78 is 28.3. The van der Waals surface area contributed by atoms with Crippen LogP contribution in [0.5, 0.6) is 11.5 Å². The molecule has 3 N–H and O–H groups in total. The predicted octanol–water partition coefficient (Wildman–Crippen LogP) is 3.30. The topological polar surface area (TPSA) is 78.8 Å². The van der Waals surface area contributed by atoms with Gasteiger partial charge < -0.3 is 20.3 Å². The standard InChI is InChI=1S/C15H13F2NO4/c16-15(17)22-11-4-1-9(2-5-11)8-18-10-3-6-12(14(20)21)13(19)7-10/h1-7,15,18-19H,8H2,(H,20,21). The minimum absolute atomic E-state index is 0.0715. The zero-order valence-corrected chi connectivity index (χ0v) is 11.3. The molecular weight excluding hydrogens is 296 g/mol. The molecule has 0 heterocycles. The van der Waals surface area contributed by atoms with Crippen molar-refractivity contribution in [3.05, 3.63) is 53.6 Å². The SMILES string of the molecule is O=C(O)c1ccc(NCc2ccc(OC(F)F)cc2)cc1O. The largest absolute Gasteiger partial charge is 0.507 e. The molecule has 2 aromatic rings. The lowest BCUT2D eigenvalue weighted by Crippen LogP contribution is -2.03. The monoisotopic (exact) mass is 309 g/mol. The molecule has 0 aliphatic rings. The molecule has 0 saturated carbocycles. The minimum Gasteiger partial charge on any atom is -0.507 e. The van der Waals surface area contributed by atoms with Gasteiger partial charge in [0.05, 0.1) is 0 Å². The van der Waals surface area contributed by atoms with Gasteiger partial charge >= 0.3 is 12.6 Å². The van der Waals surface area contributed by atoms with Crippen molar-refractivity contribution in [1.82, 2.24) is 0 Å². The van der Waals surface area contributed by atoms with Crippen molar-refractivity contribution < 1.29 is 28.5 Å². The first kappa shape index (κ1) is 15.6. The third kappa shape index (κ3) is 4.08. The molecule has 0 bridgehead atoms. The smallest absolute Gasteiger partial charge is 0.387 e. The second-order valence-electron chi connectivity index (χ2n) is 4.41. The molecule has 0 unspecified atom stereocenters. The highest BCUT2D eigenvalue weighted by Crippen LogP contribution is 2.22. The van der Waals surface area contributed by atoms with Crippen LogP contribution in [0.25, 0.3) is 0 Å². The number of halogens is 2. The molecule has 0 atom stereocenters. The van der Waals surface area contributed by atoms with Crippen LogP contribution in [0, 0.1) is 0 Å². The van der Waals surface area contributed by atoms with Crippen molar-refractivity contribution in [2.45, 2.75) is 13.2 Å². The van der Waals surface area contributed by atoms with Gasteiger partial charge in [-0.25, -0.2) is 4.79 Å². The van der Waals surface area contributed by atoms with Crippen LogP contribution in [0.4, 0.5) is 14.5 Å². The van der Waals surface area contributed by atoms with Crippen LogP contribution in [0.2, 0.25) is 0 Å². The number of aromatic carboxylic acids is 1. The maximum Gasteiger partial charge on any atom is 0.387 e. The summed E-state index contributed by atoms with van der Waals surface area (Å²) in [5, 5.41) is 21.4. The number of phenols is 1. The number of rotatable bonds is 6. The number of carboxylic acids is 1. The Labute approximate surface area is 124 Å². The second kappa shape index (κ2) is 6.75. The first-order valence-corrected chi connectivity index (χ1v) is 6.29. The lowest BCUT2D eigenvalue weighted by atomic mass is 10.1. The molecular formula is C15H13F2NO4. The summed E-state index contributed by atoms with van der Waals surface area (Å²) in [6.07, 6.45) is 0. The van der Waals surface area contributed by atoms with E-state index < -0.39 is 12.6 Å². The fourth-order valence-corrected chi connectivity index (χ4v) is 1.82. The summed E-state index contributed by atoms with van der Waals surface area (Å²) in [6, 6.07) is 10.2. The van der Waals surface area contributed by atoms with Gasteiger partial charge in [-0.2, -0.15) is 8.78 Å². The lowest BCUT2D eigenvalue weighted by Gasteiger charge is -2.09. The van der Waals surface area contributed by atoms with Crippen molar-refractivity contribution in [2.24, 2.45) is 0 Å². The number of carboxylic acid groups (broad SMARTS) is 1. The predicted molar refractivity (Wildman–Crippen MR) is 75.5 cm³/mol. The van der Waals surface area contributed by atoms with E-state index in [1.54, 1.807) is 12.1 Å². The van der Waals surface area contributed by atoms with Crippen molar-refractivity contribution in [2.75, 3.05) is 5.32 Å². The fraction of sp³-hybridized carbons (Fsp3) is 0.133. The van der Waals surface area contributed by atoms with Crippen LogP contribution in [0.3, 0.4) is 0 Å². The molecule has 0 spiro atoms. The Kier molecular flexibility index (Phi) is 4.77. The first-order chi connectivity index (χ1) is 10.5. The van der Waals surface area contributed by atoms with E-state index >= 15 is 0 Å². The van der Waals surface area contributed by atoms with Crippen LogP contribution in [0.1, 0.15) is 15.9 Å². The highest BCUT2D eigenvalue weighted by atomic mass is 19.3. The zero-order valence-electron chi connectivity index (χ0n) is 11.3. The Hall–Kier alpha value is -2.83. The van der Waals surface area contributed by atoms with E-state index in [0.29, 0.717) is 12.2 Å². The molecule has 0 aliphatic heterocycles. The van der Waals surface area contributed by atoms with Gasteiger partial charge in [-0.05, 0) is 29.8 Å². The van der Waals surface area contributed by atoms with E-state index in [1.807, 2.05) is 0 Å². The normalized spacial score (nSPS) is 10.5. The van der Waals surface area contributed by atoms with Crippen LogP contribution in [0.15, 0.2) is 42.5 Å². The Balaban J connectivity index is 1.98. The van der Waals surface area contributed by atoms with Crippen LogP contribution in [-0.2, 0) is 6.54 Å². The third-order valence-corrected chi connectivity index (χ3v) is 2.87. The van der Waals surface area contributed by atoms with Crippen LogP contribution < -0.4 is 10.1 Å². The number of hydrogen-bond donors (Lipinski definition) is 3. The molecule has 7 heteroatoms. The van der Waals surface area contributed by atoms with Gasteiger partial charge in [-0.15, -0.1) is 0 Å². The molecule has 0 fully saturated rings. The summed E-state index contributed by atoms with van der Waals surface area (Å²) in [7, 11) is 0. The minimum atomic E-state index is -2.86. The summed E-state index contributed by atoms with van der Waals surface area (Å²) >= 11 is 0. The van der Waals surface area contributed by atoms with Gasteiger partial charge in [0.25, 0.3) is 0 Å². The van der Waals surface area contributed by atoms with Gasteiger partial charge in [0.2, 0.25) is 0 Å². The Morgan fingerprint density at radius 3 is 2.41 bits per heavy atom. The average molecular weight is 309 g/mol. The second-order valence-corrected chi connectivity index (χ2v) is 4.41. The number of hydrogen-bond acceptors (Lipinski definition) is 4. The molecule has 116 valence electrons. The summed E-state index contributed by atoms with van der Waals surface area (Å²) in [5.41, 5.74) is 1.16. The van der Waals surface area contributed by atoms with E-state index in [2.05, 4.69) is 10.1 Å². The molecule has 2 rings (SSSR count). The quantitative estimate of drug-likeness (QED) is 0.763. The summed E-state index contributed by atoms with van der Waals surface area (Å²) in [6.45, 7) is -2.49. The van der Waals surface area contributed by atoms with E-state index in [9.17, 15) is 18.7 Å². The van der Waals surface area contributed by atoms with Gasteiger partial charge in [0.1, 0.15) is 17.1 Å². The first-order valence-electron chi connectivity index (χ1n) is 6.29. The Bertz CT molecular complexity index is 659.